The first-order valence-corrected chi connectivity index (χ1v) is 8.36. The van der Waals surface area contributed by atoms with Crippen molar-refractivity contribution in [3.63, 3.8) is 0 Å². The number of benzene rings is 1. The van der Waals surface area contributed by atoms with Gasteiger partial charge in [-0.05, 0) is 31.4 Å². The first-order chi connectivity index (χ1) is 11.2. The number of carbonyl (C=O) groups excluding carboxylic acids is 1. The van der Waals surface area contributed by atoms with Crippen LogP contribution in [0.2, 0.25) is 5.02 Å². The van der Waals surface area contributed by atoms with E-state index >= 15 is 0 Å². The second-order valence-electron chi connectivity index (χ2n) is 5.55. The fourth-order valence-electron chi connectivity index (χ4n) is 2.29. The molecular weight excluding hydrogens is 318 g/mol. The summed E-state index contributed by atoms with van der Waals surface area (Å²) in [6.07, 6.45) is 1.72. The van der Waals surface area contributed by atoms with Gasteiger partial charge < -0.3 is 19.5 Å². The lowest BCUT2D eigenvalue weighted by molar-refractivity contribution is -0.134. The van der Waals surface area contributed by atoms with Gasteiger partial charge in [-0.1, -0.05) is 29.8 Å². The molecule has 1 amide bonds. The Balaban J connectivity index is 1.54. The minimum absolute atomic E-state index is 0.129. The third-order valence-electron chi connectivity index (χ3n) is 3.69. The highest BCUT2D eigenvalue weighted by atomic mass is 35.5. The zero-order valence-electron chi connectivity index (χ0n) is 13.4. The summed E-state index contributed by atoms with van der Waals surface area (Å²) in [5, 5.41) is 3.48. The second-order valence-corrected chi connectivity index (χ2v) is 5.95. The fourth-order valence-corrected chi connectivity index (χ4v) is 2.48. The first kappa shape index (κ1) is 18.2. The molecule has 0 radical (unpaired) electrons. The topological polar surface area (TPSA) is 56.8 Å². The molecule has 2 rings (SSSR count). The highest BCUT2D eigenvalue weighted by molar-refractivity contribution is 6.31. The van der Waals surface area contributed by atoms with Crippen LogP contribution in [-0.2, 0) is 25.6 Å². The Hall–Kier alpha value is -1.14. The molecule has 0 bridgehead atoms. The van der Waals surface area contributed by atoms with E-state index in [1.165, 1.54) is 0 Å². The quantitative estimate of drug-likeness (QED) is 0.701. The zero-order valence-corrected chi connectivity index (χ0v) is 14.2. The Kier molecular flexibility index (Phi) is 7.82. The number of carbonyl (C=O) groups is 1. The SMILES string of the molecule is C[C@@H](OC[C@H]1CCCO1)C(=O)NCCOCc1ccccc1Cl. The molecule has 1 aliphatic heterocycles. The van der Waals surface area contributed by atoms with Crippen molar-refractivity contribution >= 4 is 17.5 Å². The lowest BCUT2D eigenvalue weighted by Gasteiger charge is -2.16. The molecule has 1 saturated heterocycles. The smallest absolute Gasteiger partial charge is 0.248 e. The number of hydrogen-bond acceptors (Lipinski definition) is 4. The van der Waals surface area contributed by atoms with Crippen LogP contribution in [0.1, 0.15) is 25.3 Å². The predicted molar refractivity (Wildman–Crippen MR) is 88.5 cm³/mol. The van der Waals surface area contributed by atoms with Gasteiger partial charge in [-0.3, -0.25) is 4.79 Å². The second kappa shape index (κ2) is 9.88. The van der Waals surface area contributed by atoms with Gasteiger partial charge >= 0.3 is 0 Å². The summed E-state index contributed by atoms with van der Waals surface area (Å²) < 4.78 is 16.5. The molecule has 1 aliphatic rings. The third kappa shape index (κ3) is 6.47. The van der Waals surface area contributed by atoms with E-state index in [9.17, 15) is 4.79 Å². The van der Waals surface area contributed by atoms with E-state index in [0.717, 1.165) is 25.0 Å². The molecule has 0 unspecified atom stereocenters. The van der Waals surface area contributed by atoms with Gasteiger partial charge in [0, 0.05) is 18.2 Å². The minimum atomic E-state index is -0.484. The normalized spacial score (nSPS) is 18.8. The van der Waals surface area contributed by atoms with Crippen LogP contribution in [0.5, 0.6) is 0 Å². The number of nitrogens with one attached hydrogen (secondary N) is 1. The molecule has 6 heteroatoms. The van der Waals surface area contributed by atoms with Crippen LogP contribution in [0.15, 0.2) is 24.3 Å². The van der Waals surface area contributed by atoms with Gasteiger partial charge in [-0.15, -0.1) is 0 Å². The van der Waals surface area contributed by atoms with Gasteiger partial charge in [0.15, 0.2) is 0 Å². The van der Waals surface area contributed by atoms with Crippen LogP contribution in [0, 0.1) is 0 Å². The largest absolute Gasteiger partial charge is 0.376 e. The highest BCUT2D eigenvalue weighted by Crippen LogP contribution is 2.15. The van der Waals surface area contributed by atoms with E-state index in [4.69, 9.17) is 25.8 Å². The van der Waals surface area contributed by atoms with Gasteiger partial charge in [-0.25, -0.2) is 0 Å². The molecule has 0 spiro atoms. The van der Waals surface area contributed by atoms with Crippen molar-refractivity contribution < 1.29 is 19.0 Å². The summed E-state index contributed by atoms with van der Waals surface area (Å²) in [6, 6.07) is 7.54. The number of hydrogen-bond donors (Lipinski definition) is 1. The average Bonchev–Trinajstić information content (AvgIpc) is 3.07. The summed E-state index contributed by atoms with van der Waals surface area (Å²) >= 11 is 6.04. The van der Waals surface area contributed by atoms with Crippen molar-refractivity contribution in [2.45, 2.75) is 38.6 Å². The molecule has 23 heavy (non-hydrogen) atoms. The van der Waals surface area contributed by atoms with Crippen molar-refractivity contribution in [1.82, 2.24) is 5.32 Å². The lowest BCUT2D eigenvalue weighted by atomic mass is 10.2. The van der Waals surface area contributed by atoms with Gasteiger partial charge in [0.2, 0.25) is 5.91 Å². The molecule has 0 aromatic heterocycles. The molecular formula is C17H24ClNO4. The summed E-state index contributed by atoms with van der Waals surface area (Å²) in [6.45, 7) is 4.30. The van der Waals surface area contributed by atoms with Gasteiger partial charge in [0.1, 0.15) is 6.10 Å². The lowest BCUT2D eigenvalue weighted by Crippen LogP contribution is -2.37. The molecule has 1 fully saturated rings. The van der Waals surface area contributed by atoms with Crippen LogP contribution in [0.25, 0.3) is 0 Å². The highest BCUT2D eigenvalue weighted by Gasteiger charge is 2.19. The maximum absolute atomic E-state index is 11.9. The van der Waals surface area contributed by atoms with Crippen molar-refractivity contribution in [2.75, 3.05) is 26.4 Å². The molecule has 1 N–H and O–H groups in total. The van der Waals surface area contributed by atoms with E-state index in [1.807, 2.05) is 24.3 Å². The number of rotatable bonds is 9. The maximum Gasteiger partial charge on any atom is 0.248 e. The van der Waals surface area contributed by atoms with Gasteiger partial charge in [0.25, 0.3) is 0 Å². The van der Waals surface area contributed by atoms with Crippen LogP contribution in [-0.4, -0.2) is 44.5 Å². The van der Waals surface area contributed by atoms with Crippen molar-refractivity contribution in [2.24, 2.45) is 0 Å². The van der Waals surface area contributed by atoms with E-state index in [1.54, 1.807) is 6.92 Å². The summed E-state index contributed by atoms with van der Waals surface area (Å²) in [5.41, 5.74) is 0.939. The Bertz CT molecular complexity index is 491. The Morgan fingerprint density at radius 3 is 3.04 bits per heavy atom. The summed E-state index contributed by atoms with van der Waals surface area (Å²) in [4.78, 5) is 11.9. The van der Waals surface area contributed by atoms with Gasteiger partial charge in [-0.2, -0.15) is 0 Å². The number of amides is 1. The number of ether oxygens (including phenoxy) is 3. The van der Waals surface area contributed by atoms with Crippen molar-refractivity contribution in [3.05, 3.63) is 34.9 Å². The molecule has 1 heterocycles. The van der Waals surface area contributed by atoms with Crippen molar-refractivity contribution in [3.8, 4) is 0 Å². The average molecular weight is 342 g/mol. The Morgan fingerprint density at radius 2 is 2.30 bits per heavy atom. The van der Waals surface area contributed by atoms with Crippen LogP contribution >= 0.6 is 11.6 Å². The molecule has 0 aliphatic carbocycles. The van der Waals surface area contributed by atoms with Crippen LogP contribution < -0.4 is 5.32 Å². The molecule has 2 atom stereocenters. The Morgan fingerprint density at radius 1 is 1.48 bits per heavy atom. The fraction of sp³-hybridized carbons (Fsp3) is 0.588. The molecule has 128 valence electrons. The molecule has 5 nitrogen and oxygen atoms in total. The summed E-state index contributed by atoms with van der Waals surface area (Å²) in [5.74, 6) is -0.135. The Labute approximate surface area is 142 Å². The maximum atomic E-state index is 11.9. The molecule has 1 aromatic rings. The van der Waals surface area contributed by atoms with Crippen molar-refractivity contribution in [1.29, 1.82) is 0 Å². The third-order valence-corrected chi connectivity index (χ3v) is 4.06. The van der Waals surface area contributed by atoms with E-state index < -0.39 is 6.10 Å². The standard InChI is InChI=1S/C17H24ClNO4/c1-13(23-12-15-6-4-9-22-15)17(20)19-8-10-21-11-14-5-2-3-7-16(14)18/h2-3,5,7,13,15H,4,6,8-12H2,1H3,(H,19,20)/t13-,15-/m1/s1. The summed E-state index contributed by atoms with van der Waals surface area (Å²) in [7, 11) is 0. The predicted octanol–water partition coefficient (Wildman–Crippen LogP) is 2.56. The molecule has 0 saturated carbocycles. The monoisotopic (exact) mass is 341 g/mol. The zero-order chi connectivity index (χ0) is 16.5. The number of halogens is 1. The van der Waals surface area contributed by atoms with Crippen LogP contribution in [0.3, 0.4) is 0 Å². The van der Waals surface area contributed by atoms with Gasteiger partial charge in [0.05, 0.1) is 25.9 Å². The minimum Gasteiger partial charge on any atom is -0.376 e. The van der Waals surface area contributed by atoms with E-state index in [0.29, 0.717) is 31.4 Å². The van der Waals surface area contributed by atoms with E-state index in [2.05, 4.69) is 5.32 Å². The van der Waals surface area contributed by atoms with Crippen LogP contribution in [0.4, 0.5) is 0 Å². The first-order valence-electron chi connectivity index (χ1n) is 7.99. The molecule has 1 aromatic carbocycles. The van der Waals surface area contributed by atoms with E-state index in [-0.39, 0.29) is 12.0 Å².